The average molecular weight is 184 g/mol. The van der Waals surface area contributed by atoms with Crippen LogP contribution in [0.4, 0.5) is 4.79 Å². The van der Waals surface area contributed by atoms with E-state index in [1.165, 1.54) is 0 Å². The van der Waals surface area contributed by atoms with Crippen LogP contribution in [0.1, 0.15) is 32.6 Å². The molecular formula is C10H16O3. The number of allylic oxidation sites excluding steroid dienone is 1. The standard InChI is InChI=1S/C10H16O3/c1-2-3-4-5-6-9-7-8-12-10(11)13-9/h4-5,9H,2-3,6-8H2,1H3/b5-4+. The molecule has 0 aromatic rings. The molecule has 74 valence electrons. The maximum Gasteiger partial charge on any atom is 0.508 e. The van der Waals surface area contributed by atoms with Gasteiger partial charge in [-0.1, -0.05) is 25.5 Å². The van der Waals surface area contributed by atoms with Crippen LogP contribution in [0.5, 0.6) is 0 Å². The molecule has 0 spiro atoms. The highest BCUT2D eigenvalue weighted by Crippen LogP contribution is 2.12. The first-order valence-electron chi connectivity index (χ1n) is 4.81. The molecule has 1 fully saturated rings. The van der Waals surface area contributed by atoms with Crippen LogP contribution in [0, 0.1) is 0 Å². The summed E-state index contributed by atoms with van der Waals surface area (Å²) in [6, 6.07) is 0. The van der Waals surface area contributed by atoms with Crippen molar-refractivity contribution in [1.29, 1.82) is 0 Å². The maximum absolute atomic E-state index is 10.7. The van der Waals surface area contributed by atoms with Crippen LogP contribution in [0.15, 0.2) is 12.2 Å². The lowest BCUT2D eigenvalue weighted by atomic mass is 10.1. The summed E-state index contributed by atoms with van der Waals surface area (Å²) in [5.74, 6) is 0. The fraction of sp³-hybridized carbons (Fsp3) is 0.700. The van der Waals surface area contributed by atoms with Crippen LogP contribution in [0.3, 0.4) is 0 Å². The fourth-order valence-electron chi connectivity index (χ4n) is 1.20. The first kappa shape index (κ1) is 10.1. The van der Waals surface area contributed by atoms with E-state index in [4.69, 9.17) is 4.74 Å². The van der Waals surface area contributed by atoms with Crippen LogP contribution in [0.25, 0.3) is 0 Å². The number of hydrogen-bond donors (Lipinski definition) is 0. The van der Waals surface area contributed by atoms with Gasteiger partial charge in [-0.2, -0.15) is 0 Å². The summed E-state index contributed by atoms with van der Waals surface area (Å²) in [5, 5.41) is 0. The normalized spacial score (nSPS) is 22.8. The van der Waals surface area contributed by atoms with Gasteiger partial charge >= 0.3 is 6.16 Å². The summed E-state index contributed by atoms with van der Waals surface area (Å²) in [4.78, 5) is 10.7. The van der Waals surface area contributed by atoms with Gasteiger partial charge in [0.15, 0.2) is 0 Å². The smallest absolute Gasteiger partial charge is 0.434 e. The molecule has 1 rings (SSSR count). The number of carbonyl (C=O) groups is 1. The van der Waals surface area contributed by atoms with Crippen molar-refractivity contribution < 1.29 is 14.3 Å². The van der Waals surface area contributed by atoms with Crippen molar-refractivity contribution in [2.75, 3.05) is 6.61 Å². The molecule has 1 unspecified atom stereocenters. The zero-order valence-electron chi connectivity index (χ0n) is 7.99. The summed E-state index contributed by atoms with van der Waals surface area (Å²) >= 11 is 0. The van der Waals surface area contributed by atoms with E-state index in [2.05, 4.69) is 23.8 Å². The minimum absolute atomic E-state index is 0.0226. The monoisotopic (exact) mass is 184 g/mol. The number of rotatable bonds is 4. The van der Waals surface area contributed by atoms with Gasteiger partial charge in [-0.15, -0.1) is 0 Å². The van der Waals surface area contributed by atoms with Crippen molar-refractivity contribution >= 4 is 6.16 Å². The highest BCUT2D eigenvalue weighted by Gasteiger charge is 2.19. The lowest BCUT2D eigenvalue weighted by molar-refractivity contribution is -0.0210. The molecule has 1 aliphatic heterocycles. The van der Waals surface area contributed by atoms with E-state index in [1.807, 2.05) is 0 Å². The molecule has 1 heterocycles. The van der Waals surface area contributed by atoms with Crippen LogP contribution < -0.4 is 0 Å². The first-order chi connectivity index (χ1) is 6.33. The molecule has 0 aliphatic carbocycles. The van der Waals surface area contributed by atoms with Crippen LogP contribution >= 0.6 is 0 Å². The third-order valence-corrected chi connectivity index (χ3v) is 1.94. The Kier molecular flexibility index (Phi) is 4.36. The molecule has 0 aromatic carbocycles. The Morgan fingerprint density at radius 1 is 1.54 bits per heavy atom. The minimum Gasteiger partial charge on any atom is -0.434 e. The van der Waals surface area contributed by atoms with E-state index in [0.717, 1.165) is 25.7 Å². The van der Waals surface area contributed by atoms with Gasteiger partial charge in [0.1, 0.15) is 6.10 Å². The van der Waals surface area contributed by atoms with Crippen molar-refractivity contribution in [3.05, 3.63) is 12.2 Å². The summed E-state index contributed by atoms with van der Waals surface area (Å²) in [5.41, 5.74) is 0. The fourth-order valence-corrected chi connectivity index (χ4v) is 1.20. The van der Waals surface area contributed by atoms with Gasteiger partial charge in [0.25, 0.3) is 0 Å². The van der Waals surface area contributed by atoms with Crippen LogP contribution in [0.2, 0.25) is 0 Å². The minimum atomic E-state index is -0.528. The number of unbranched alkanes of at least 4 members (excludes halogenated alkanes) is 1. The van der Waals surface area contributed by atoms with Gasteiger partial charge in [-0.05, 0) is 6.42 Å². The number of ether oxygens (including phenoxy) is 2. The second kappa shape index (κ2) is 5.62. The van der Waals surface area contributed by atoms with Crippen molar-refractivity contribution in [1.82, 2.24) is 0 Å². The average Bonchev–Trinajstić information content (AvgIpc) is 2.13. The highest BCUT2D eigenvalue weighted by atomic mass is 16.7. The Morgan fingerprint density at radius 2 is 2.38 bits per heavy atom. The summed E-state index contributed by atoms with van der Waals surface area (Å²) in [6.07, 6.45) is 7.57. The van der Waals surface area contributed by atoms with E-state index >= 15 is 0 Å². The SMILES string of the molecule is CCC/C=C/CC1CCOC(=O)O1. The molecule has 3 heteroatoms. The molecule has 0 saturated carbocycles. The van der Waals surface area contributed by atoms with Crippen molar-refractivity contribution in [2.45, 2.75) is 38.7 Å². The maximum atomic E-state index is 10.7. The molecular weight excluding hydrogens is 168 g/mol. The second-order valence-corrected chi connectivity index (χ2v) is 3.12. The van der Waals surface area contributed by atoms with Gasteiger partial charge in [-0.25, -0.2) is 4.79 Å². The van der Waals surface area contributed by atoms with Gasteiger partial charge in [0.05, 0.1) is 6.61 Å². The molecule has 1 atom stereocenters. The Morgan fingerprint density at radius 3 is 3.08 bits per heavy atom. The first-order valence-corrected chi connectivity index (χ1v) is 4.81. The molecule has 0 N–H and O–H groups in total. The number of cyclic esters (lactones) is 2. The van der Waals surface area contributed by atoms with Gasteiger partial charge in [0, 0.05) is 12.8 Å². The summed E-state index contributed by atoms with van der Waals surface area (Å²) < 4.78 is 9.60. The molecule has 13 heavy (non-hydrogen) atoms. The van der Waals surface area contributed by atoms with Crippen LogP contribution in [-0.2, 0) is 9.47 Å². The Balaban J connectivity index is 2.16. The lowest BCUT2D eigenvalue weighted by Crippen LogP contribution is -2.26. The summed E-state index contributed by atoms with van der Waals surface area (Å²) in [6.45, 7) is 2.63. The van der Waals surface area contributed by atoms with E-state index < -0.39 is 6.16 Å². The quantitative estimate of drug-likeness (QED) is 0.497. The van der Waals surface area contributed by atoms with Gasteiger partial charge in [-0.3, -0.25) is 0 Å². The van der Waals surface area contributed by atoms with Gasteiger partial charge < -0.3 is 9.47 Å². The van der Waals surface area contributed by atoms with Crippen molar-refractivity contribution in [3.63, 3.8) is 0 Å². The number of carbonyl (C=O) groups excluding carboxylic acids is 1. The number of hydrogen-bond acceptors (Lipinski definition) is 3. The van der Waals surface area contributed by atoms with E-state index in [-0.39, 0.29) is 6.10 Å². The van der Waals surface area contributed by atoms with Crippen LogP contribution in [-0.4, -0.2) is 18.9 Å². The Labute approximate surface area is 78.7 Å². The Hall–Kier alpha value is -0.990. The third kappa shape index (κ3) is 3.97. The predicted octanol–water partition coefficient (Wildman–Crippen LogP) is 2.66. The second-order valence-electron chi connectivity index (χ2n) is 3.12. The van der Waals surface area contributed by atoms with Crippen molar-refractivity contribution in [3.8, 4) is 0 Å². The van der Waals surface area contributed by atoms with E-state index in [0.29, 0.717) is 6.61 Å². The molecule has 0 aromatic heterocycles. The summed E-state index contributed by atoms with van der Waals surface area (Å²) in [7, 11) is 0. The Bertz CT molecular complexity index is 187. The van der Waals surface area contributed by atoms with E-state index in [1.54, 1.807) is 0 Å². The molecule has 1 aliphatic rings. The largest absolute Gasteiger partial charge is 0.508 e. The topological polar surface area (TPSA) is 35.5 Å². The molecule has 0 bridgehead atoms. The molecule has 3 nitrogen and oxygen atoms in total. The third-order valence-electron chi connectivity index (χ3n) is 1.94. The molecule has 0 radical (unpaired) electrons. The predicted molar refractivity (Wildman–Crippen MR) is 49.5 cm³/mol. The molecule has 0 amide bonds. The lowest BCUT2D eigenvalue weighted by Gasteiger charge is -2.20. The van der Waals surface area contributed by atoms with Gasteiger partial charge in [0.2, 0.25) is 0 Å². The van der Waals surface area contributed by atoms with Crippen molar-refractivity contribution in [2.24, 2.45) is 0 Å². The zero-order valence-corrected chi connectivity index (χ0v) is 7.99. The molecule has 1 saturated heterocycles. The zero-order chi connectivity index (χ0) is 9.52. The van der Waals surface area contributed by atoms with E-state index in [9.17, 15) is 4.79 Å². The highest BCUT2D eigenvalue weighted by molar-refractivity contribution is 5.60.